The van der Waals surface area contributed by atoms with Gasteiger partial charge in [-0.15, -0.1) is 0 Å². The number of nitrogens with one attached hydrogen (secondary N) is 1. The fraction of sp³-hybridized carbons (Fsp3) is 0.400. The van der Waals surface area contributed by atoms with Crippen LogP contribution in [0.5, 0.6) is 5.75 Å². The van der Waals surface area contributed by atoms with Crippen LogP contribution in [0.3, 0.4) is 0 Å². The third-order valence-electron chi connectivity index (χ3n) is 4.76. The van der Waals surface area contributed by atoms with Gasteiger partial charge in [0.1, 0.15) is 5.75 Å². The molecular weight excluding hydrogens is 364 g/mol. The number of hydrogen-bond acceptors (Lipinski definition) is 5. The normalized spacial score (nSPS) is 15.0. The van der Waals surface area contributed by atoms with Crippen molar-refractivity contribution in [1.29, 1.82) is 0 Å². The van der Waals surface area contributed by atoms with Gasteiger partial charge in [0.2, 0.25) is 10.0 Å². The Morgan fingerprint density at radius 1 is 1.07 bits per heavy atom. The van der Waals surface area contributed by atoms with Crippen LogP contribution >= 0.6 is 0 Å². The molecule has 3 rings (SSSR count). The Balaban J connectivity index is 1.69. The largest absolute Gasteiger partial charge is 0.496 e. The lowest BCUT2D eigenvalue weighted by Crippen LogP contribution is -2.36. The minimum absolute atomic E-state index is 0.246. The van der Waals surface area contributed by atoms with Crippen LogP contribution in [0, 0.1) is 13.8 Å². The highest BCUT2D eigenvalue weighted by Gasteiger charge is 2.19. The van der Waals surface area contributed by atoms with Crippen LogP contribution in [0.1, 0.15) is 16.7 Å². The third kappa shape index (κ3) is 4.61. The fourth-order valence-electron chi connectivity index (χ4n) is 3.17. The molecule has 6 nitrogen and oxygen atoms in total. The predicted octanol–water partition coefficient (Wildman–Crippen LogP) is 2.63. The molecule has 0 spiro atoms. The minimum atomic E-state index is -3.60. The zero-order valence-electron chi connectivity index (χ0n) is 16.0. The first kappa shape index (κ1) is 19.7. The number of morpholine rings is 1. The van der Waals surface area contributed by atoms with E-state index in [1.165, 1.54) is 0 Å². The molecule has 0 atom stereocenters. The second-order valence-electron chi connectivity index (χ2n) is 6.68. The van der Waals surface area contributed by atoms with E-state index in [9.17, 15) is 8.42 Å². The van der Waals surface area contributed by atoms with Gasteiger partial charge < -0.3 is 14.4 Å². The molecule has 2 aromatic rings. The molecule has 1 aliphatic rings. The molecule has 7 heteroatoms. The summed E-state index contributed by atoms with van der Waals surface area (Å²) in [5, 5.41) is 0. The molecule has 2 aromatic carbocycles. The molecule has 0 radical (unpaired) electrons. The number of methoxy groups -OCH3 is 1. The van der Waals surface area contributed by atoms with Crippen molar-refractivity contribution in [3.63, 3.8) is 0 Å². The van der Waals surface area contributed by atoms with Crippen LogP contribution in [-0.4, -0.2) is 41.8 Å². The highest BCUT2D eigenvalue weighted by atomic mass is 32.2. The van der Waals surface area contributed by atoms with E-state index in [4.69, 9.17) is 9.47 Å². The van der Waals surface area contributed by atoms with Crippen molar-refractivity contribution in [3.8, 4) is 5.75 Å². The number of rotatable bonds is 6. The van der Waals surface area contributed by atoms with Crippen LogP contribution in [-0.2, 0) is 21.3 Å². The first-order valence-electron chi connectivity index (χ1n) is 8.97. The van der Waals surface area contributed by atoms with E-state index in [1.807, 2.05) is 31.2 Å². The number of aryl methyl sites for hydroxylation is 2. The van der Waals surface area contributed by atoms with Gasteiger partial charge in [0.15, 0.2) is 0 Å². The van der Waals surface area contributed by atoms with Crippen molar-refractivity contribution in [1.82, 2.24) is 4.72 Å². The zero-order valence-corrected chi connectivity index (χ0v) is 16.8. The Kier molecular flexibility index (Phi) is 6.04. The van der Waals surface area contributed by atoms with Gasteiger partial charge in [-0.05, 0) is 54.8 Å². The van der Waals surface area contributed by atoms with Crippen LogP contribution in [0.25, 0.3) is 0 Å². The van der Waals surface area contributed by atoms with Gasteiger partial charge in [0.25, 0.3) is 0 Å². The first-order valence-corrected chi connectivity index (χ1v) is 10.5. The summed E-state index contributed by atoms with van der Waals surface area (Å²) in [6.07, 6.45) is 0. The second kappa shape index (κ2) is 8.29. The average Bonchev–Trinajstić information content (AvgIpc) is 2.69. The molecule has 0 bridgehead atoms. The average molecular weight is 391 g/mol. The van der Waals surface area contributed by atoms with Crippen molar-refractivity contribution >= 4 is 15.7 Å². The van der Waals surface area contributed by atoms with Crippen molar-refractivity contribution in [2.45, 2.75) is 25.3 Å². The highest BCUT2D eigenvalue weighted by Crippen LogP contribution is 2.25. The van der Waals surface area contributed by atoms with Gasteiger partial charge in [-0.25, -0.2) is 13.1 Å². The first-order chi connectivity index (χ1) is 12.9. The number of anilines is 1. The highest BCUT2D eigenvalue weighted by molar-refractivity contribution is 7.89. The van der Waals surface area contributed by atoms with Crippen molar-refractivity contribution in [3.05, 3.63) is 53.1 Å². The molecule has 1 heterocycles. The molecule has 0 unspecified atom stereocenters. The molecule has 0 aromatic heterocycles. The van der Waals surface area contributed by atoms with Crippen molar-refractivity contribution in [2.75, 3.05) is 38.3 Å². The summed E-state index contributed by atoms with van der Waals surface area (Å²) in [7, 11) is -2.02. The van der Waals surface area contributed by atoms with Crippen LogP contribution in [0.2, 0.25) is 0 Å². The molecule has 0 saturated carbocycles. The summed E-state index contributed by atoms with van der Waals surface area (Å²) in [5.74, 6) is 0.685. The molecule has 1 fully saturated rings. The lowest BCUT2D eigenvalue weighted by molar-refractivity contribution is 0.122. The van der Waals surface area contributed by atoms with E-state index in [1.54, 1.807) is 26.2 Å². The van der Waals surface area contributed by atoms with E-state index in [-0.39, 0.29) is 11.4 Å². The summed E-state index contributed by atoms with van der Waals surface area (Å²) in [6, 6.07) is 11.4. The van der Waals surface area contributed by atoms with Gasteiger partial charge in [0, 0.05) is 25.3 Å². The Bertz CT molecular complexity index is 889. The van der Waals surface area contributed by atoms with E-state index in [0.29, 0.717) is 11.3 Å². The SMILES string of the molecule is COc1cc(C)c(S(=O)(=O)NCc2ccc(N3CCOCC3)cc2)cc1C. The van der Waals surface area contributed by atoms with Gasteiger partial charge in [-0.3, -0.25) is 0 Å². The van der Waals surface area contributed by atoms with Crippen molar-refractivity contribution in [2.24, 2.45) is 0 Å². The Morgan fingerprint density at radius 2 is 1.74 bits per heavy atom. The zero-order chi connectivity index (χ0) is 19.4. The van der Waals surface area contributed by atoms with Crippen LogP contribution in [0.4, 0.5) is 5.69 Å². The number of hydrogen-bond donors (Lipinski definition) is 1. The number of nitrogens with zero attached hydrogens (tertiary/aromatic N) is 1. The van der Waals surface area contributed by atoms with Gasteiger partial charge in [-0.2, -0.15) is 0 Å². The number of benzene rings is 2. The van der Waals surface area contributed by atoms with Crippen LogP contribution < -0.4 is 14.4 Å². The third-order valence-corrected chi connectivity index (χ3v) is 6.30. The second-order valence-corrected chi connectivity index (χ2v) is 8.41. The van der Waals surface area contributed by atoms with E-state index >= 15 is 0 Å². The summed E-state index contributed by atoms with van der Waals surface area (Å²) >= 11 is 0. The van der Waals surface area contributed by atoms with Crippen LogP contribution in [0.15, 0.2) is 41.3 Å². The molecule has 1 aliphatic heterocycles. The summed E-state index contributed by atoms with van der Waals surface area (Å²) in [4.78, 5) is 2.55. The van der Waals surface area contributed by atoms with Gasteiger partial charge in [-0.1, -0.05) is 12.1 Å². The maximum absolute atomic E-state index is 12.7. The molecule has 27 heavy (non-hydrogen) atoms. The lowest BCUT2D eigenvalue weighted by atomic mass is 10.1. The van der Waals surface area contributed by atoms with Gasteiger partial charge in [0.05, 0.1) is 25.2 Å². The predicted molar refractivity (Wildman–Crippen MR) is 106 cm³/mol. The van der Waals surface area contributed by atoms with E-state index in [2.05, 4.69) is 9.62 Å². The number of ether oxygens (including phenoxy) is 2. The fourth-order valence-corrected chi connectivity index (χ4v) is 4.50. The smallest absolute Gasteiger partial charge is 0.241 e. The van der Waals surface area contributed by atoms with E-state index in [0.717, 1.165) is 43.1 Å². The molecule has 0 aliphatic carbocycles. The Hall–Kier alpha value is -2.09. The minimum Gasteiger partial charge on any atom is -0.496 e. The summed E-state index contributed by atoms with van der Waals surface area (Å²) < 4.78 is 38.8. The van der Waals surface area contributed by atoms with Crippen molar-refractivity contribution < 1.29 is 17.9 Å². The molecular formula is C20H26N2O4S. The molecule has 0 amide bonds. The number of sulfonamides is 1. The van der Waals surface area contributed by atoms with Gasteiger partial charge >= 0.3 is 0 Å². The quantitative estimate of drug-likeness (QED) is 0.821. The standard InChI is InChI=1S/C20H26N2O4S/c1-15-13-20(16(2)12-19(15)25-3)27(23,24)21-14-17-4-6-18(7-5-17)22-8-10-26-11-9-22/h4-7,12-13,21H,8-11,14H2,1-3H3. The molecule has 1 N–H and O–H groups in total. The molecule has 1 saturated heterocycles. The Labute approximate surface area is 161 Å². The summed E-state index contributed by atoms with van der Waals surface area (Å²) in [6.45, 7) is 7.08. The maximum atomic E-state index is 12.7. The lowest BCUT2D eigenvalue weighted by Gasteiger charge is -2.28. The topological polar surface area (TPSA) is 67.9 Å². The molecule has 146 valence electrons. The summed E-state index contributed by atoms with van der Waals surface area (Å²) in [5.41, 5.74) is 3.50. The monoisotopic (exact) mass is 390 g/mol. The maximum Gasteiger partial charge on any atom is 0.241 e. The Morgan fingerprint density at radius 3 is 2.37 bits per heavy atom. The van der Waals surface area contributed by atoms with E-state index < -0.39 is 10.0 Å².